The molecule has 0 radical (unpaired) electrons. The van der Waals surface area contributed by atoms with Crippen LogP contribution in [-0.4, -0.2) is 42.5 Å². The Hall–Kier alpha value is -1.26. The Balaban J connectivity index is 1.60. The number of piperazine rings is 1. The van der Waals surface area contributed by atoms with Crippen molar-refractivity contribution in [2.45, 2.75) is 37.6 Å². The van der Waals surface area contributed by atoms with Crippen LogP contribution in [0.25, 0.3) is 0 Å². The fraction of sp³-hybridized carbons (Fsp3) is 0.588. The average molecular weight is 322 g/mol. The molecule has 3 rings (SSSR count). The summed E-state index contributed by atoms with van der Waals surface area (Å²) in [5.41, 5.74) is 6.89. The van der Waals surface area contributed by atoms with Gasteiger partial charge in [-0.15, -0.1) is 0 Å². The van der Waals surface area contributed by atoms with Crippen LogP contribution in [-0.2, 0) is 4.79 Å². The van der Waals surface area contributed by atoms with Crippen molar-refractivity contribution in [2.75, 3.05) is 31.1 Å². The zero-order valence-corrected chi connectivity index (χ0v) is 13.7. The van der Waals surface area contributed by atoms with Gasteiger partial charge >= 0.3 is 0 Å². The van der Waals surface area contributed by atoms with Gasteiger partial charge in [0.25, 0.3) is 0 Å². The lowest BCUT2D eigenvalue weighted by molar-refractivity contribution is -0.138. The maximum atomic E-state index is 12.7. The van der Waals surface area contributed by atoms with Crippen LogP contribution in [0.4, 0.5) is 5.69 Å². The van der Waals surface area contributed by atoms with E-state index in [-0.39, 0.29) is 5.91 Å². The number of rotatable bonds is 2. The highest BCUT2D eigenvalue weighted by Crippen LogP contribution is 2.28. The summed E-state index contributed by atoms with van der Waals surface area (Å²) in [6.07, 6.45) is 5.02. The number of halogens is 1. The van der Waals surface area contributed by atoms with E-state index in [4.69, 9.17) is 17.3 Å². The van der Waals surface area contributed by atoms with Crippen LogP contribution in [0.1, 0.15) is 32.1 Å². The highest BCUT2D eigenvalue weighted by molar-refractivity contribution is 6.30. The minimum Gasteiger partial charge on any atom is -0.368 e. The Labute approximate surface area is 137 Å². The second-order valence-corrected chi connectivity index (χ2v) is 6.91. The van der Waals surface area contributed by atoms with Gasteiger partial charge in [-0.25, -0.2) is 0 Å². The number of anilines is 1. The molecule has 5 heteroatoms. The van der Waals surface area contributed by atoms with Crippen LogP contribution in [0, 0.1) is 0 Å². The Bertz CT molecular complexity index is 534. The molecule has 1 aliphatic carbocycles. The van der Waals surface area contributed by atoms with Crippen molar-refractivity contribution in [3.05, 3.63) is 29.3 Å². The van der Waals surface area contributed by atoms with E-state index >= 15 is 0 Å². The zero-order valence-electron chi connectivity index (χ0n) is 12.9. The Morgan fingerprint density at radius 2 is 1.77 bits per heavy atom. The molecule has 1 heterocycles. The third-order valence-corrected chi connectivity index (χ3v) is 5.15. The standard InChI is InChI=1S/C17H24ClN3O/c18-14-5-4-6-15(13-14)20-9-11-21(12-10-20)16(22)17(19)7-2-1-3-8-17/h4-6,13H,1-3,7-12,19H2. The van der Waals surface area contributed by atoms with E-state index in [0.29, 0.717) is 0 Å². The lowest BCUT2D eigenvalue weighted by atomic mass is 9.81. The van der Waals surface area contributed by atoms with Gasteiger partial charge in [0.1, 0.15) is 0 Å². The third kappa shape index (κ3) is 3.23. The molecule has 120 valence electrons. The molecule has 4 nitrogen and oxygen atoms in total. The smallest absolute Gasteiger partial charge is 0.242 e. The molecule has 0 bridgehead atoms. The predicted molar refractivity (Wildman–Crippen MR) is 90.2 cm³/mol. The van der Waals surface area contributed by atoms with Gasteiger partial charge < -0.3 is 15.5 Å². The molecule has 0 unspecified atom stereocenters. The lowest BCUT2D eigenvalue weighted by Gasteiger charge is -2.41. The largest absolute Gasteiger partial charge is 0.368 e. The molecule has 2 aliphatic rings. The fourth-order valence-electron chi connectivity index (χ4n) is 3.55. The first-order chi connectivity index (χ1) is 10.6. The van der Waals surface area contributed by atoms with Crippen molar-refractivity contribution in [1.29, 1.82) is 0 Å². The Morgan fingerprint density at radius 1 is 1.09 bits per heavy atom. The van der Waals surface area contributed by atoms with E-state index in [1.54, 1.807) is 0 Å². The summed E-state index contributed by atoms with van der Waals surface area (Å²) in [5, 5.41) is 0.749. The molecule has 1 aromatic rings. The summed E-state index contributed by atoms with van der Waals surface area (Å²) in [6, 6.07) is 7.89. The van der Waals surface area contributed by atoms with Crippen LogP contribution >= 0.6 is 11.6 Å². The van der Waals surface area contributed by atoms with Gasteiger partial charge in [0.2, 0.25) is 5.91 Å². The monoisotopic (exact) mass is 321 g/mol. The lowest BCUT2D eigenvalue weighted by Crippen LogP contribution is -2.60. The molecule has 0 aromatic heterocycles. The molecular formula is C17H24ClN3O. The first-order valence-corrected chi connectivity index (χ1v) is 8.55. The van der Waals surface area contributed by atoms with Crippen molar-refractivity contribution in [3.8, 4) is 0 Å². The van der Waals surface area contributed by atoms with Gasteiger partial charge in [0.15, 0.2) is 0 Å². The summed E-state index contributed by atoms with van der Waals surface area (Å²) in [5.74, 6) is 0.151. The van der Waals surface area contributed by atoms with Crippen molar-refractivity contribution < 1.29 is 4.79 Å². The summed E-state index contributed by atoms with van der Waals surface area (Å²) < 4.78 is 0. The predicted octanol–water partition coefficient (Wildman–Crippen LogP) is 2.65. The molecular weight excluding hydrogens is 298 g/mol. The van der Waals surface area contributed by atoms with Gasteiger partial charge in [0.05, 0.1) is 5.54 Å². The summed E-state index contributed by atoms with van der Waals surface area (Å²) >= 11 is 6.06. The maximum Gasteiger partial charge on any atom is 0.242 e. The van der Waals surface area contributed by atoms with E-state index in [1.807, 2.05) is 23.1 Å². The van der Waals surface area contributed by atoms with Crippen LogP contribution in [0.15, 0.2) is 24.3 Å². The SMILES string of the molecule is NC1(C(=O)N2CCN(c3cccc(Cl)c3)CC2)CCCCC1. The Morgan fingerprint density at radius 3 is 2.41 bits per heavy atom. The zero-order chi connectivity index (χ0) is 15.6. The quantitative estimate of drug-likeness (QED) is 0.911. The molecule has 1 aromatic carbocycles. The van der Waals surface area contributed by atoms with Gasteiger partial charge in [0, 0.05) is 36.9 Å². The fourth-order valence-corrected chi connectivity index (χ4v) is 3.74. The molecule has 0 spiro atoms. The number of carbonyl (C=O) groups is 1. The van der Waals surface area contributed by atoms with Crippen molar-refractivity contribution in [2.24, 2.45) is 5.73 Å². The molecule has 2 fully saturated rings. The number of hydrogen-bond donors (Lipinski definition) is 1. The number of hydrogen-bond acceptors (Lipinski definition) is 3. The maximum absolute atomic E-state index is 12.7. The highest BCUT2D eigenvalue weighted by Gasteiger charge is 2.39. The molecule has 1 saturated carbocycles. The van der Waals surface area contributed by atoms with Crippen LogP contribution in [0.5, 0.6) is 0 Å². The number of nitrogens with zero attached hydrogens (tertiary/aromatic N) is 2. The molecule has 1 saturated heterocycles. The highest BCUT2D eigenvalue weighted by atomic mass is 35.5. The first kappa shape index (κ1) is 15.6. The first-order valence-electron chi connectivity index (χ1n) is 8.17. The Kier molecular flexibility index (Phi) is 4.59. The van der Waals surface area contributed by atoms with Crippen LogP contribution in [0.2, 0.25) is 5.02 Å². The normalized spacial score (nSPS) is 21.7. The van der Waals surface area contributed by atoms with E-state index < -0.39 is 5.54 Å². The molecule has 1 aliphatic heterocycles. The van der Waals surface area contributed by atoms with Crippen molar-refractivity contribution >= 4 is 23.2 Å². The van der Waals surface area contributed by atoms with E-state index in [2.05, 4.69) is 11.0 Å². The second-order valence-electron chi connectivity index (χ2n) is 6.48. The third-order valence-electron chi connectivity index (χ3n) is 4.91. The molecule has 1 amide bonds. The topological polar surface area (TPSA) is 49.6 Å². The summed E-state index contributed by atoms with van der Waals surface area (Å²) in [7, 11) is 0. The second kappa shape index (κ2) is 6.47. The number of benzene rings is 1. The minimum absolute atomic E-state index is 0.151. The van der Waals surface area contributed by atoms with Gasteiger partial charge in [-0.05, 0) is 31.0 Å². The van der Waals surface area contributed by atoms with Gasteiger partial charge in [-0.1, -0.05) is 36.9 Å². The molecule has 2 N–H and O–H groups in total. The average Bonchev–Trinajstić information content (AvgIpc) is 2.55. The van der Waals surface area contributed by atoms with Crippen LogP contribution < -0.4 is 10.6 Å². The van der Waals surface area contributed by atoms with Crippen molar-refractivity contribution in [3.63, 3.8) is 0 Å². The molecule has 22 heavy (non-hydrogen) atoms. The van der Waals surface area contributed by atoms with E-state index in [1.165, 1.54) is 6.42 Å². The van der Waals surface area contributed by atoms with E-state index in [0.717, 1.165) is 62.6 Å². The van der Waals surface area contributed by atoms with Gasteiger partial charge in [-0.3, -0.25) is 4.79 Å². The number of carbonyl (C=O) groups excluding carboxylic acids is 1. The van der Waals surface area contributed by atoms with E-state index in [9.17, 15) is 4.79 Å². The van der Waals surface area contributed by atoms with Crippen LogP contribution in [0.3, 0.4) is 0 Å². The minimum atomic E-state index is -0.615. The van der Waals surface area contributed by atoms with Gasteiger partial charge in [-0.2, -0.15) is 0 Å². The number of nitrogens with two attached hydrogens (primary N) is 1. The summed E-state index contributed by atoms with van der Waals surface area (Å²) in [4.78, 5) is 17.0. The molecule has 0 atom stereocenters. The summed E-state index contributed by atoms with van der Waals surface area (Å²) in [6.45, 7) is 3.15. The van der Waals surface area contributed by atoms with Crippen molar-refractivity contribution in [1.82, 2.24) is 4.90 Å². The number of amides is 1.